The van der Waals surface area contributed by atoms with E-state index in [0.29, 0.717) is 17.0 Å². The quantitative estimate of drug-likeness (QED) is 0.822. The number of hydrogen-bond acceptors (Lipinski definition) is 2. The van der Waals surface area contributed by atoms with E-state index in [0.717, 1.165) is 11.1 Å². The molecule has 1 amide bonds. The highest BCUT2D eigenvalue weighted by atomic mass is 32.1. The molecule has 0 saturated carbocycles. The topological polar surface area (TPSA) is 55.1 Å². The molecule has 0 spiro atoms. The standard InChI is InChI=1S/C14H20N2OS/c1-5-14(4,13(15)18)16-12(17)11-8-6-7-9(2)10(11)3/h6-8H,5H2,1-4H3,(H2,15,18)(H,16,17). The number of benzene rings is 1. The maximum atomic E-state index is 12.3. The average Bonchev–Trinajstić information content (AvgIpc) is 2.32. The van der Waals surface area contributed by atoms with Crippen LogP contribution in [0, 0.1) is 13.8 Å². The van der Waals surface area contributed by atoms with Gasteiger partial charge < -0.3 is 11.1 Å². The van der Waals surface area contributed by atoms with E-state index in [4.69, 9.17) is 18.0 Å². The van der Waals surface area contributed by atoms with Crippen LogP contribution in [-0.4, -0.2) is 16.4 Å². The fraction of sp³-hybridized carbons (Fsp3) is 0.429. The van der Waals surface area contributed by atoms with Crippen LogP contribution in [0.1, 0.15) is 41.8 Å². The van der Waals surface area contributed by atoms with E-state index >= 15 is 0 Å². The van der Waals surface area contributed by atoms with Crippen molar-refractivity contribution in [3.8, 4) is 0 Å². The average molecular weight is 264 g/mol. The van der Waals surface area contributed by atoms with E-state index in [1.54, 1.807) is 0 Å². The highest BCUT2D eigenvalue weighted by Crippen LogP contribution is 2.16. The van der Waals surface area contributed by atoms with Crippen molar-refractivity contribution in [1.82, 2.24) is 5.32 Å². The molecule has 0 fully saturated rings. The number of carbonyl (C=O) groups excluding carboxylic acids is 1. The molecule has 0 radical (unpaired) electrons. The third-order valence-electron chi connectivity index (χ3n) is 3.49. The lowest BCUT2D eigenvalue weighted by atomic mass is 9.96. The Bertz CT molecular complexity index is 485. The van der Waals surface area contributed by atoms with Crippen molar-refractivity contribution >= 4 is 23.1 Å². The van der Waals surface area contributed by atoms with Crippen LogP contribution in [0.2, 0.25) is 0 Å². The van der Waals surface area contributed by atoms with E-state index in [9.17, 15) is 4.79 Å². The normalized spacial score (nSPS) is 13.8. The van der Waals surface area contributed by atoms with Gasteiger partial charge >= 0.3 is 0 Å². The fourth-order valence-electron chi connectivity index (χ4n) is 1.64. The fourth-order valence-corrected chi connectivity index (χ4v) is 1.83. The first kappa shape index (κ1) is 14.6. The third-order valence-corrected chi connectivity index (χ3v) is 3.94. The lowest BCUT2D eigenvalue weighted by Crippen LogP contribution is -2.54. The van der Waals surface area contributed by atoms with E-state index < -0.39 is 5.54 Å². The first-order chi connectivity index (χ1) is 8.31. The van der Waals surface area contributed by atoms with Crippen LogP contribution in [0.15, 0.2) is 18.2 Å². The lowest BCUT2D eigenvalue weighted by molar-refractivity contribution is 0.0926. The largest absolute Gasteiger partial charge is 0.391 e. The van der Waals surface area contributed by atoms with Crippen molar-refractivity contribution in [2.75, 3.05) is 0 Å². The van der Waals surface area contributed by atoms with Crippen LogP contribution >= 0.6 is 12.2 Å². The van der Waals surface area contributed by atoms with Gasteiger partial charge in [-0.1, -0.05) is 31.3 Å². The zero-order valence-corrected chi connectivity index (χ0v) is 12.1. The number of carbonyl (C=O) groups is 1. The Hall–Kier alpha value is -1.42. The molecule has 0 aromatic heterocycles. The third kappa shape index (κ3) is 2.88. The van der Waals surface area contributed by atoms with Crippen LogP contribution in [0.3, 0.4) is 0 Å². The van der Waals surface area contributed by atoms with Crippen molar-refractivity contribution in [2.45, 2.75) is 39.7 Å². The zero-order chi connectivity index (χ0) is 13.9. The van der Waals surface area contributed by atoms with Crippen LogP contribution in [0.4, 0.5) is 0 Å². The van der Waals surface area contributed by atoms with Gasteiger partial charge in [0.2, 0.25) is 0 Å². The Kier molecular flexibility index (Phi) is 4.46. The molecule has 0 saturated heterocycles. The molecule has 0 aliphatic rings. The Labute approximate surface area is 114 Å². The van der Waals surface area contributed by atoms with Crippen molar-refractivity contribution in [3.63, 3.8) is 0 Å². The molecule has 1 atom stereocenters. The van der Waals surface area contributed by atoms with Gasteiger partial charge in [-0.25, -0.2) is 0 Å². The molecule has 0 heterocycles. The highest BCUT2D eigenvalue weighted by Gasteiger charge is 2.28. The van der Waals surface area contributed by atoms with E-state index in [1.807, 2.05) is 45.9 Å². The van der Waals surface area contributed by atoms with Crippen LogP contribution in [0.25, 0.3) is 0 Å². The lowest BCUT2D eigenvalue weighted by Gasteiger charge is -2.28. The van der Waals surface area contributed by atoms with Crippen LogP contribution < -0.4 is 11.1 Å². The SMILES string of the molecule is CCC(C)(NC(=O)c1cccc(C)c1C)C(N)=S. The van der Waals surface area contributed by atoms with Crippen LogP contribution in [0.5, 0.6) is 0 Å². The summed E-state index contributed by atoms with van der Waals surface area (Å²) in [5.41, 5.74) is 7.80. The summed E-state index contributed by atoms with van der Waals surface area (Å²) in [7, 11) is 0. The second kappa shape index (κ2) is 5.48. The number of thiocarbonyl (C=S) groups is 1. The number of amides is 1. The van der Waals surface area contributed by atoms with E-state index in [2.05, 4.69) is 5.32 Å². The number of aryl methyl sites for hydroxylation is 1. The molecule has 3 N–H and O–H groups in total. The summed E-state index contributed by atoms with van der Waals surface area (Å²) in [5, 5.41) is 2.92. The summed E-state index contributed by atoms with van der Waals surface area (Å²) < 4.78 is 0. The zero-order valence-electron chi connectivity index (χ0n) is 11.3. The molecular weight excluding hydrogens is 244 g/mol. The number of rotatable bonds is 4. The van der Waals surface area contributed by atoms with Gasteiger partial charge in [0.15, 0.2) is 0 Å². The van der Waals surface area contributed by atoms with Gasteiger partial charge in [0.25, 0.3) is 5.91 Å². The minimum absolute atomic E-state index is 0.131. The second-order valence-corrected chi connectivity index (χ2v) is 5.19. The molecule has 98 valence electrons. The summed E-state index contributed by atoms with van der Waals surface area (Å²) in [5.74, 6) is -0.131. The predicted molar refractivity (Wildman–Crippen MR) is 78.9 cm³/mol. The Morgan fingerprint density at radius 3 is 2.56 bits per heavy atom. The minimum Gasteiger partial charge on any atom is -0.391 e. The van der Waals surface area contributed by atoms with E-state index in [-0.39, 0.29) is 5.91 Å². The second-order valence-electron chi connectivity index (χ2n) is 4.75. The van der Waals surface area contributed by atoms with Gasteiger partial charge in [-0.3, -0.25) is 4.79 Å². The van der Waals surface area contributed by atoms with Crippen molar-refractivity contribution in [2.24, 2.45) is 5.73 Å². The Morgan fingerprint density at radius 1 is 1.44 bits per heavy atom. The number of nitrogens with two attached hydrogens (primary N) is 1. The number of nitrogens with one attached hydrogen (secondary N) is 1. The molecule has 0 aliphatic carbocycles. The molecule has 4 heteroatoms. The number of hydrogen-bond donors (Lipinski definition) is 2. The van der Waals surface area contributed by atoms with Crippen LogP contribution in [-0.2, 0) is 0 Å². The maximum Gasteiger partial charge on any atom is 0.252 e. The van der Waals surface area contributed by atoms with Crippen molar-refractivity contribution in [1.29, 1.82) is 0 Å². The summed E-state index contributed by atoms with van der Waals surface area (Å²) in [6.07, 6.45) is 0.666. The molecule has 18 heavy (non-hydrogen) atoms. The molecule has 1 rings (SSSR count). The molecule has 0 aliphatic heterocycles. The van der Waals surface area contributed by atoms with Gasteiger partial charge in [-0.05, 0) is 44.4 Å². The monoisotopic (exact) mass is 264 g/mol. The molecule has 1 aromatic rings. The van der Waals surface area contributed by atoms with Gasteiger partial charge in [0.1, 0.15) is 0 Å². The van der Waals surface area contributed by atoms with Gasteiger partial charge in [-0.15, -0.1) is 0 Å². The summed E-state index contributed by atoms with van der Waals surface area (Å²) >= 11 is 5.02. The Morgan fingerprint density at radius 2 is 2.06 bits per heavy atom. The molecule has 1 unspecified atom stereocenters. The summed E-state index contributed by atoms with van der Waals surface area (Å²) in [6.45, 7) is 7.72. The maximum absolute atomic E-state index is 12.3. The van der Waals surface area contributed by atoms with Gasteiger partial charge in [0, 0.05) is 5.56 Å². The summed E-state index contributed by atoms with van der Waals surface area (Å²) in [6, 6.07) is 5.67. The van der Waals surface area contributed by atoms with E-state index in [1.165, 1.54) is 0 Å². The Balaban J connectivity index is 3.02. The summed E-state index contributed by atoms with van der Waals surface area (Å²) in [4.78, 5) is 12.6. The smallest absolute Gasteiger partial charge is 0.252 e. The van der Waals surface area contributed by atoms with Gasteiger partial charge in [-0.2, -0.15) is 0 Å². The molecular formula is C14H20N2OS. The molecule has 1 aromatic carbocycles. The predicted octanol–water partition coefficient (Wildman–Crippen LogP) is 2.49. The minimum atomic E-state index is -0.636. The first-order valence-electron chi connectivity index (χ1n) is 6.00. The highest BCUT2D eigenvalue weighted by molar-refractivity contribution is 7.80. The molecule has 0 bridgehead atoms. The van der Waals surface area contributed by atoms with Crippen molar-refractivity contribution in [3.05, 3.63) is 34.9 Å². The van der Waals surface area contributed by atoms with Crippen molar-refractivity contribution < 1.29 is 4.79 Å². The first-order valence-corrected chi connectivity index (χ1v) is 6.41. The van der Waals surface area contributed by atoms with Gasteiger partial charge in [0.05, 0.1) is 10.5 Å². The molecule has 3 nitrogen and oxygen atoms in total.